The average molecular weight is 170 g/mol. The van der Waals surface area contributed by atoms with Crippen LogP contribution in [0.25, 0.3) is 0 Å². The van der Waals surface area contributed by atoms with Gasteiger partial charge in [0.2, 0.25) is 0 Å². The van der Waals surface area contributed by atoms with Crippen molar-refractivity contribution in [1.82, 2.24) is 0 Å². The van der Waals surface area contributed by atoms with Gasteiger partial charge in [-0.25, -0.2) is 8.78 Å². The van der Waals surface area contributed by atoms with E-state index in [0.29, 0.717) is 0 Å². The van der Waals surface area contributed by atoms with E-state index in [-0.39, 0.29) is 5.75 Å². The molecule has 0 spiro atoms. The number of benzene rings is 1. The molecule has 0 N–H and O–H groups in total. The molecule has 0 saturated heterocycles. The Morgan fingerprint density at radius 3 is 2.33 bits per heavy atom. The molecule has 0 atom stereocenters. The molecule has 0 radical (unpaired) electrons. The lowest BCUT2D eigenvalue weighted by Gasteiger charge is -2.01. The Hall–Kier alpha value is -1.38. The highest BCUT2D eigenvalue weighted by molar-refractivity contribution is 5.26. The highest BCUT2D eigenvalue weighted by atomic mass is 19.1. The molecule has 0 amide bonds. The van der Waals surface area contributed by atoms with Crippen molar-refractivity contribution < 1.29 is 13.5 Å². The van der Waals surface area contributed by atoms with Crippen molar-refractivity contribution in [2.24, 2.45) is 0 Å². The summed E-state index contributed by atoms with van der Waals surface area (Å²) in [6.45, 7) is 1.69. The maximum Gasteiger partial charge on any atom is 0.197 e. The summed E-state index contributed by atoms with van der Waals surface area (Å²) in [5, 5.41) is 0. The maximum absolute atomic E-state index is 12.8. The molecular formula is C9H8F2O. The van der Waals surface area contributed by atoms with Crippen molar-refractivity contribution in [3.05, 3.63) is 42.2 Å². The van der Waals surface area contributed by atoms with Crippen LogP contribution in [0.3, 0.4) is 0 Å². The molecule has 0 fully saturated rings. The highest BCUT2D eigenvalue weighted by Gasteiger charge is 2.07. The molecule has 0 bridgehead atoms. The van der Waals surface area contributed by atoms with E-state index in [2.05, 4.69) is 4.74 Å². The lowest BCUT2D eigenvalue weighted by Crippen LogP contribution is -1.90. The highest BCUT2D eigenvalue weighted by Crippen LogP contribution is 2.20. The predicted molar refractivity (Wildman–Crippen MR) is 41.8 cm³/mol. The normalized spacial score (nSPS) is 10.6. The van der Waals surface area contributed by atoms with Gasteiger partial charge in [-0.15, -0.1) is 0 Å². The van der Waals surface area contributed by atoms with Crippen molar-refractivity contribution in [2.45, 2.75) is 6.92 Å². The van der Waals surface area contributed by atoms with Crippen molar-refractivity contribution >= 4 is 0 Å². The van der Waals surface area contributed by atoms with Crippen LogP contribution in [0.1, 0.15) is 6.92 Å². The van der Waals surface area contributed by atoms with E-state index in [1.54, 1.807) is 13.0 Å². The zero-order valence-corrected chi connectivity index (χ0v) is 6.55. The van der Waals surface area contributed by atoms with Crippen LogP contribution in [-0.4, -0.2) is 0 Å². The quantitative estimate of drug-likeness (QED) is 0.620. The average Bonchev–Trinajstić information content (AvgIpc) is 2.04. The molecule has 0 saturated carbocycles. The number of para-hydroxylation sites is 1. The number of rotatable bonds is 2. The molecule has 64 valence electrons. The number of halogens is 2. The van der Waals surface area contributed by atoms with E-state index in [4.69, 9.17) is 0 Å². The van der Waals surface area contributed by atoms with Gasteiger partial charge >= 0.3 is 0 Å². The summed E-state index contributed by atoms with van der Waals surface area (Å²) in [5.74, 6) is -1.77. The van der Waals surface area contributed by atoms with Gasteiger partial charge in [0.15, 0.2) is 17.4 Å². The first-order valence-electron chi connectivity index (χ1n) is 3.47. The summed E-state index contributed by atoms with van der Waals surface area (Å²) in [6, 6.07) is 3.57. The fourth-order valence-corrected chi connectivity index (χ4v) is 0.731. The van der Waals surface area contributed by atoms with E-state index in [1.165, 1.54) is 12.3 Å². The topological polar surface area (TPSA) is 9.23 Å². The summed E-state index contributed by atoms with van der Waals surface area (Å²) in [6.07, 6.45) is 2.77. The third-order valence-corrected chi connectivity index (χ3v) is 1.24. The van der Waals surface area contributed by atoms with Gasteiger partial charge in [-0.05, 0) is 19.1 Å². The van der Waals surface area contributed by atoms with Gasteiger partial charge in [-0.3, -0.25) is 0 Å². The Morgan fingerprint density at radius 1 is 1.25 bits per heavy atom. The maximum atomic E-state index is 12.8. The van der Waals surface area contributed by atoms with Gasteiger partial charge in [0.1, 0.15) is 0 Å². The number of ether oxygens (including phenoxy) is 1. The molecule has 1 rings (SSSR count). The third kappa shape index (κ3) is 1.81. The Kier molecular flexibility index (Phi) is 2.80. The summed E-state index contributed by atoms with van der Waals surface area (Å²) >= 11 is 0. The minimum atomic E-state index is -0.701. The van der Waals surface area contributed by atoms with Crippen molar-refractivity contribution in [2.75, 3.05) is 0 Å². The van der Waals surface area contributed by atoms with Gasteiger partial charge in [0, 0.05) is 0 Å². The van der Waals surface area contributed by atoms with Crippen LogP contribution in [0, 0.1) is 11.6 Å². The first-order chi connectivity index (χ1) is 5.75. The zero-order chi connectivity index (χ0) is 8.97. The minimum Gasteiger partial charge on any atom is -0.459 e. The number of hydrogen-bond donors (Lipinski definition) is 0. The van der Waals surface area contributed by atoms with Crippen LogP contribution in [0.15, 0.2) is 30.5 Å². The third-order valence-electron chi connectivity index (χ3n) is 1.24. The standard InChI is InChI=1S/C9H8F2O/c1-2-6-12-9-7(10)4-3-5-8(9)11/h2-6H,1H3/b6-2+. The molecule has 1 nitrogen and oxygen atoms in total. The van der Waals surface area contributed by atoms with Gasteiger partial charge in [-0.2, -0.15) is 0 Å². The molecule has 0 aliphatic heterocycles. The number of hydrogen-bond acceptors (Lipinski definition) is 1. The zero-order valence-electron chi connectivity index (χ0n) is 6.55. The second-order valence-corrected chi connectivity index (χ2v) is 2.14. The van der Waals surface area contributed by atoms with Crippen LogP contribution in [0.2, 0.25) is 0 Å². The molecule has 0 heterocycles. The Balaban J connectivity index is 2.96. The Morgan fingerprint density at radius 2 is 1.83 bits per heavy atom. The van der Waals surface area contributed by atoms with E-state index in [9.17, 15) is 8.78 Å². The summed E-state index contributed by atoms with van der Waals surface area (Å²) in [7, 11) is 0. The van der Waals surface area contributed by atoms with Crippen LogP contribution in [0.4, 0.5) is 8.78 Å². The second kappa shape index (κ2) is 3.85. The Bertz CT molecular complexity index is 274. The summed E-state index contributed by atoms with van der Waals surface area (Å²) in [5.41, 5.74) is 0. The lowest BCUT2D eigenvalue weighted by molar-refractivity contribution is 0.405. The molecule has 12 heavy (non-hydrogen) atoms. The first kappa shape index (κ1) is 8.71. The van der Waals surface area contributed by atoms with E-state index in [1.807, 2.05) is 0 Å². The summed E-state index contributed by atoms with van der Waals surface area (Å²) < 4.78 is 30.2. The van der Waals surface area contributed by atoms with E-state index >= 15 is 0 Å². The van der Waals surface area contributed by atoms with Crippen LogP contribution in [-0.2, 0) is 0 Å². The van der Waals surface area contributed by atoms with Gasteiger partial charge in [-0.1, -0.05) is 12.1 Å². The van der Waals surface area contributed by atoms with Crippen LogP contribution in [0.5, 0.6) is 5.75 Å². The molecule has 1 aromatic rings. The van der Waals surface area contributed by atoms with Gasteiger partial charge in [0.25, 0.3) is 0 Å². The molecule has 0 aromatic heterocycles. The fraction of sp³-hybridized carbons (Fsp3) is 0.111. The monoisotopic (exact) mass is 170 g/mol. The first-order valence-corrected chi connectivity index (χ1v) is 3.47. The van der Waals surface area contributed by atoms with E-state index in [0.717, 1.165) is 12.1 Å². The smallest absolute Gasteiger partial charge is 0.197 e. The van der Waals surface area contributed by atoms with Gasteiger partial charge < -0.3 is 4.74 Å². The Labute approximate surface area is 69.3 Å². The van der Waals surface area contributed by atoms with Crippen molar-refractivity contribution in [3.63, 3.8) is 0 Å². The second-order valence-electron chi connectivity index (χ2n) is 2.14. The van der Waals surface area contributed by atoms with Crippen molar-refractivity contribution in [3.8, 4) is 5.75 Å². The number of allylic oxidation sites excluding steroid dienone is 1. The minimum absolute atomic E-state index is 0.365. The molecular weight excluding hydrogens is 162 g/mol. The van der Waals surface area contributed by atoms with Crippen LogP contribution < -0.4 is 4.74 Å². The molecule has 0 aliphatic carbocycles. The van der Waals surface area contributed by atoms with E-state index < -0.39 is 11.6 Å². The fourth-order valence-electron chi connectivity index (χ4n) is 0.731. The predicted octanol–water partition coefficient (Wildman–Crippen LogP) is 2.88. The molecule has 0 unspecified atom stereocenters. The van der Waals surface area contributed by atoms with Gasteiger partial charge in [0.05, 0.1) is 6.26 Å². The lowest BCUT2D eigenvalue weighted by atomic mass is 10.3. The van der Waals surface area contributed by atoms with Crippen molar-refractivity contribution in [1.29, 1.82) is 0 Å². The SMILES string of the molecule is C/C=C/Oc1c(F)cccc1F. The summed E-state index contributed by atoms with van der Waals surface area (Å²) in [4.78, 5) is 0. The largest absolute Gasteiger partial charge is 0.459 e. The molecule has 0 aliphatic rings. The molecule has 3 heteroatoms. The van der Waals surface area contributed by atoms with Crippen LogP contribution >= 0.6 is 0 Å². The molecule has 1 aromatic carbocycles.